The molecule has 0 aromatic heterocycles. The van der Waals surface area contributed by atoms with Crippen molar-refractivity contribution in [2.45, 2.75) is 49.4 Å². The summed E-state index contributed by atoms with van der Waals surface area (Å²) in [7, 11) is 1.34. The molecule has 398 valence electrons. The molecule has 0 fully saturated rings. The van der Waals surface area contributed by atoms with Gasteiger partial charge in [0.05, 0.1) is 69.7 Å². The fourth-order valence-electron chi connectivity index (χ4n) is 7.42. The van der Waals surface area contributed by atoms with Gasteiger partial charge in [0.15, 0.2) is 5.75 Å². The molecule has 0 amide bonds. The van der Waals surface area contributed by atoms with Crippen LogP contribution in [-0.2, 0) is 65.0 Å². The molecule has 0 bridgehead atoms. The van der Waals surface area contributed by atoms with Crippen LogP contribution in [-0.4, -0.2) is 43.3 Å². The van der Waals surface area contributed by atoms with Gasteiger partial charge in [-0.15, -0.1) is 0 Å². The van der Waals surface area contributed by atoms with Gasteiger partial charge in [-0.05, 0) is 41.2 Å². The molecule has 73 heavy (non-hydrogen) atoms. The molecular weight excluding hydrogens is 1080 g/mol. The van der Waals surface area contributed by atoms with Crippen molar-refractivity contribution in [3.63, 3.8) is 0 Å². The zero-order valence-corrected chi connectivity index (χ0v) is 37.0. The van der Waals surface area contributed by atoms with E-state index in [9.17, 15) is 115 Å². The number of alkyl halides is 24. The maximum atomic E-state index is 14.2. The number of ether oxygens (including phenoxy) is 1. The minimum atomic E-state index is -6.13. The number of hydrogen-bond acceptors (Lipinski definition) is 3. The van der Waals surface area contributed by atoms with E-state index in [1.165, 1.54) is 7.11 Å². The maximum absolute atomic E-state index is 14.2. The van der Waals surface area contributed by atoms with Gasteiger partial charge >= 0.3 is 55.4 Å². The molecule has 5 aromatic rings. The van der Waals surface area contributed by atoms with Crippen LogP contribution in [0.3, 0.4) is 0 Å². The number of carbonyl (C=O) groups is 2. The SMILES string of the molecule is COC(=O)c1ccccc1C(=O)C[S+](C)C.FC(F)(F)c1cc([B-](c2cc(C(F)(F)F)cc(C(F)(F)F)c2)(c2cc(C(F)(F)F)cc(C(F)(F)F)c2)c2cc(C(F)(F)F)cc(C(F)(F)F)c2)cc(C(F)(F)F)c1. The van der Waals surface area contributed by atoms with Crippen LogP contribution in [0.25, 0.3) is 0 Å². The third-order valence-electron chi connectivity index (χ3n) is 10.5. The normalized spacial score (nSPS) is 13.4. The number of esters is 1. The molecule has 0 atom stereocenters. The molecule has 0 saturated heterocycles. The predicted octanol–water partition coefficient (Wildman–Crippen LogP) is 12.7. The minimum Gasteiger partial charge on any atom is -0.465 e. The second-order valence-corrected chi connectivity index (χ2v) is 18.1. The van der Waals surface area contributed by atoms with Crippen LogP contribution >= 0.6 is 0 Å². The van der Waals surface area contributed by atoms with E-state index in [1.807, 2.05) is 12.5 Å². The first-order chi connectivity index (χ1) is 32.8. The molecule has 0 aliphatic heterocycles. The molecule has 0 unspecified atom stereocenters. The first-order valence-corrected chi connectivity index (χ1v) is 21.6. The van der Waals surface area contributed by atoms with Crippen molar-refractivity contribution in [1.82, 2.24) is 0 Å². The number of halogens is 24. The van der Waals surface area contributed by atoms with Crippen LogP contribution in [0.1, 0.15) is 65.2 Å². The highest BCUT2D eigenvalue weighted by molar-refractivity contribution is 7.96. The van der Waals surface area contributed by atoms with Crippen molar-refractivity contribution in [1.29, 1.82) is 0 Å². The Morgan fingerprint density at radius 1 is 0.384 bits per heavy atom. The number of Topliss-reactive ketones (excluding diaryl/α,β-unsaturated/α-hetero) is 1. The summed E-state index contributed by atoms with van der Waals surface area (Å²) in [4.78, 5) is 23.3. The van der Waals surface area contributed by atoms with Gasteiger partial charge in [-0.25, -0.2) is 4.79 Å². The highest BCUT2D eigenvalue weighted by atomic mass is 32.2. The summed E-state index contributed by atoms with van der Waals surface area (Å²) < 4.78 is 345. The lowest BCUT2D eigenvalue weighted by atomic mass is 9.12. The zero-order valence-electron chi connectivity index (χ0n) is 36.2. The molecule has 3 nitrogen and oxygen atoms in total. The van der Waals surface area contributed by atoms with Crippen LogP contribution in [0.5, 0.6) is 0 Å². The molecule has 0 aliphatic rings. The fraction of sp³-hybridized carbons (Fsp3) is 0.273. The molecule has 0 aliphatic carbocycles. The lowest BCUT2D eigenvalue weighted by molar-refractivity contribution is -0.144. The zero-order chi connectivity index (χ0) is 56.0. The first kappa shape index (κ1) is 59.5. The molecule has 29 heteroatoms. The molecule has 0 N–H and O–H groups in total. The summed E-state index contributed by atoms with van der Waals surface area (Å²) >= 11 is 0. The van der Waals surface area contributed by atoms with Crippen LogP contribution in [0.2, 0.25) is 0 Å². The third-order valence-corrected chi connectivity index (χ3v) is 11.3. The van der Waals surface area contributed by atoms with Crippen LogP contribution < -0.4 is 21.9 Å². The van der Waals surface area contributed by atoms with Crippen LogP contribution in [0.4, 0.5) is 105 Å². The summed E-state index contributed by atoms with van der Waals surface area (Å²) in [5.41, 5.74) is -29.4. The van der Waals surface area contributed by atoms with Crippen LogP contribution in [0.15, 0.2) is 97.1 Å². The number of hydrogen-bond donors (Lipinski definition) is 0. The van der Waals surface area contributed by atoms with E-state index >= 15 is 0 Å². The van der Waals surface area contributed by atoms with Gasteiger partial charge in [0.2, 0.25) is 5.78 Å². The second-order valence-electron chi connectivity index (χ2n) is 15.8. The topological polar surface area (TPSA) is 43.4 Å². The van der Waals surface area contributed by atoms with E-state index in [1.54, 1.807) is 24.3 Å². The van der Waals surface area contributed by atoms with Gasteiger partial charge < -0.3 is 4.74 Å². The summed E-state index contributed by atoms with van der Waals surface area (Å²) in [6.45, 7) is 0. The highest BCUT2D eigenvalue weighted by Gasteiger charge is 2.47. The number of benzene rings is 5. The van der Waals surface area contributed by atoms with Gasteiger partial charge in [-0.1, -0.05) is 66.7 Å². The first-order valence-electron chi connectivity index (χ1n) is 19.4. The summed E-state index contributed by atoms with van der Waals surface area (Å²) in [5, 5.41) is 0. The minimum absolute atomic E-state index is 0.00525. The molecule has 5 rings (SSSR count). The largest absolute Gasteiger partial charge is 0.465 e. The Hall–Kier alpha value is -6.03. The van der Waals surface area contributed by atoms with Crippen molar-refractivity contribution >= 4 is 50.6 Å². The molecular formula is C44H27BF24O3S. The Kier molecular flexibility index (Phi) is 16.6. The summed E-state index contributed by atoms with van der Waals surface area (Å²) in [5.74, 6) is -0.000970. The monoisotopic (exact) mass is 1100 g/mol. The molecule has 0 saturated carbocycles. The van der Waals surface area contributed by atoms with Crippen LogP contribution in [0, 0.1) is 0 Å². The molecule has 0 heterocycles. The molecule has 5 aromatic carbocycles. The van der Waals surface area contributed by atoms with E-state index < -0.39 is 201 Å². The van der Waals surface area contributed by atoms with Gasteiger partial charge in [0.1, 0.15) is 6.15 Å². The average molecular weight is 1100 g/mol. The number of ketones is 1. The van der Waals surface area contributed by atoms with E-state index in [4.69, 9.17) is 0 Å². The molecule has 0 radical (unpaired) electrons. The quantitative estimate of drug-likeness (QED) is 0.0511. The second kappa shape index (κ2) is 20.4. The lowest BCUT2D eigenvalue weighted by Crippen LogP contribution is -2.75. The van der Waals surface area contributed by atoms with E-state index in [0.29, 0.717) is 16.9 Å². The number of methoxy groups -OCH3 is 1. The highest BCUT2D eigenvalue weighted by Crippen LogP contribution is 2.41. The number of carbonyl (C=O) groups excluding carboxylic acids is 2. The fourth-order valence-corrected chi connectivity index (χ4v) is 8.10. The van der Waals surface area contributed by atoms with Crippen molar-refractivity contribution in [3.05, 3.63) is 153 Å². The van der Waals surface area contributed by atoms with E-state index in [2.05, 4.69) is 4.74 Å². The van der Waals surface area contributed by atoms with Crippen molar-refractivity contribution in [2.24, 2.45) is 0 Å². The van der Waals surface area contributed by atoms with Gasteiger partial charge in [-0.2, -0.15) is 127 Å². The standard InChI is InChI=1S/C32H12BF24.C12H15O3S/c34-25(35,36)13-1-14(26(37,38)39)6-21(5-13)33(22-7-15(27(40,41)42)2-16(8-22)28(43,44)45,23-9-17(29(46,47)48)3-18(10-23)30(49,50)51)24-11-19(31(52,53)54)4-20(12-24)32(55,56)57;1-15-12(14)10-7-5-4-6-9(10)11(13)8-16(2)3/h1-12H;4-7H,8H2,1-3H3/q-1;+1. The van der Waals surface area contributed by atoms with Crippen molar-refractivity contribution < 1.29 is 120 Å². The van der Waals surface area contributed by atoms with Gasteiger partial charge in [-0.3, -0.25) is 4.79 Å². The third kappa shape index (κ3) is 14.0. The van der Waals surface area contributed by atoms with Gasteiger partial charge in [0, 0.05) is 5.56 Å². The van der Waals surface area contributed by atoms with E-state index in [0.717, 1.165) is 0 Å². The van der Waals surface area contributed by atoms with Crippen molar-refractivity contribution in [3.8, 4) is 0 Å². The predicted molar refractivity (Wildman–Crippen MR) is 216 cm³/mol. The summed E-state index contributed by atoms with van der Waals surface area (Å²) in [6.07, 6.45) is -50.8. The Labute approximate surface area is 397 Å². The van der Waals surface area contributed by atoms with Crippen molar-refractivity contribution in [2.75, 3.05) is 25.4 Å². The summed E-state index contributed by atoms with van der Waals surface area (Å²) in [6, 6.07) is -2.05. The Morgan fingerprint density at radius 3 is 0.767 bits per heavy atom. The number of rotatable bonds is 8. The molecule has 0 spiro atoms. The Balaban J connectivity index is 0.000000613. The van der Waals surface area contributed by atoms with Gasteiger partial charge in [0.25, 0.3) is 0 Å². The Bertz CT molecular complexity index is 2390. The maximum Gasteiger partial charge on any atom is 0.416 e. The lowest BCUT2D eigenvalue weighted by Gasteiger charge is -2.46. The smallest absolute Gasteiger partial charge is 0.416 e. The average Bonchev–Trinajstić information content (AvgIpc) is 3.23. The Morgan fingerprint density at radius 2 is 0.589 bits per heavy atom. The van der Waals surface area contributed by atoms with E-state index in [-0.39, 0.29) is 16.7 Å².